The van der Waals surface area contributed by atoms with Crippen LogP contribution in [-0.2, 0) is 0 Å². The number of fused-ring (bicyclic) bond motifs is 9. The Morgan fingerprint density at radius 1 is 0.333 bits per heavy atom. The van der Waals surface area contributed by atoms with Gasteiger partial charge in [0, 0.05) is 0 Å². The minimum atomic E-state index is 1.31. The molecule has 0 amide bonds. The van der Waals surface area contributed by atoms with E-state index in [1.807, 2.05) is 0 Å². The molecule has 0 aliphatic carbocycles. The van der Waals surface area contributed by atoms with Crippen LogP contribution in [0, 0.1) is 27.7 Å². The summed E-state index contributed by atoms with van der Waals surface area (Å²) >= 11 is 0. The van der Waals surface area contributed by atoms with E-state index < -0.39 is 0 Å². The van der Waals surface area contributed by atoms with Crippen molar-refractivity contribution in [2.75, 3.05) is 0 Å². The Balaban J connectivity index is 2.01. The van der Waals surface area contributed by atoms with Crippen LogP contribution in [0.5, 0.6) is 0 Å². The number of hydrogen-bond donors (Lipinski definition) is 0. The highest BCUT2D eigenvalue weighted by molar-refractivity contribution is 6.32. The number of rotatable bonds is 0. The Bertz CT molecular complexity index is 1540. The van der Waals surface area contributed by atoms with Crippen LogP contribution in [0.15, 0.2) is 72.8 Å². The van der Waals surface area contributed by atoms with Crippen LogP contribution in [0.3, 0.4) is 0 Å². The minimum absolute atomic E-state index is 1.31. The zero-order valence-electron chi connectivity index (χ0n) is 17.9. The normalized spacial score (nSPS) is 12.0. The van der Waals surface area contributed by atoms with Crippen molar-refractivity contribution in [3.8, 4) is 0 Å². The largest absolute Gasteiger partial charge is 0.0557 e. The summed E-state index contributed by atoms with van der Waals surface area (Å²) in [4.78, 5) is 0. The number of benzene rings is 6. The average molecular weight is 385 g/mol. The quantitative estimate of drug-likeness (QED) is 0.230. The van der Waals surface area contributed by atoms with Crippen LogP contribution in [0.2, 0.25) is 0 Å². The predicted molar refractivity (Wildman–Crippen MR) is 133 cm³/mol. The van der Waals surface area contributed by atoms with E-state index in [-0.39, 0.29) is 0 Å². The van der Waals surface area contributed by atoms with Crippen LogP contribution in [0.25, 0.3) is 53.9 Å². The molecule has 0 radical (unpaired) electrons. The molecular weight excluding hydrogens is 360 g/mol. The zero-order valence-corrected chi connectivity index (χ0v) is 17.9. The van der Waals surface area contributed by atoms with Gasteiger partial charge >= 0.3 is 0 Å². The second-order valence-corrected chi connectivity index (χ2v) is 8.92. The lowest BCUT2D eigenvalue weighted by Gasteiger charge is -2.16. The van der Waals surface area contributed by atoms with Crippen LogP contribution in [-0.4, -0.2) is 0 Å². The van der Waals surface area contributed by atoms with E-state index >= 15 is 0 Å². The molecule has 0 aromatic heterocycles. The standard InChI is InChI=1S/C30H24/c1-17-13-19(3)26-24(15-17)11-9-21-5-7-23-8-6-22-10-12-25-16-18(2)14-20(4)27(25)29(22)30(23)28(21)26/h5-16H,1-4H3. The summed E-state index contributed by atoms with van der Waals surface area (Å²) in [5, 5.41) is 13.6. The Morgan fingerprint density at radius 2 is 0.633 bits per heavy atom. The third kappa shape index (κ3) is 2.34. The fourth-order valence-corrected chi connectivity index (χ4v) is 5.57. The second kappa shape index (κ2) is 6.06. The Morgan fingerprint density at radius 3 is 1.00 bits per heavy atom. The summed E-state index contributed by atoms with van der Waals surface area (Å²) in [5.41, 5.74) is 5.35. The predicted octanol–water partition coefficient (Wildman–Crippen LogP) is 8.69. The fraction of sp³-hybridized carbons (Fsp3) is 0.133. The maximum Gasteiger partial charge on any atom is -0.00141 e. The van der Waals surface area contributed by atoms with E-state index in [0.717, 1.165) is 0 Å². The summed E-state index contributed by atoms with van der Waals surface area (Å²) in [6.45, 7) is 8.89. The van der Waals surface area contributed by atoms with Crippen LogP contribution in [0.1, 0.15) is 22.3 Å². The molecule has 6 aromatic carbocycles. The van der Waals surface area contributed by atoms with Gasteiger partial charge in [-0.2, -0.15) is 0 Å². The van der Waals surface area contributed by atoms with Gasteiger partial charge in [0.15, 0.2) is 0 Å². The van der Waals surface area contributed by atoms with Crippen molar-refractivity contribution in [3.63, 3.8) is 0 Å². The summed E-state index contributed by atoms with van der Waals surface area (Å²) < 4.78 is 0. The van der Waals surface area contributed by atoms with Gasteiger partial charge in [-0.05, 0) is 92.7 Å². The van der Waals surface area contributed by atoms with Gasteiger partial charge in [-0.1, -0.05) is 83.9 Å². The van der Waals surface area contributed by atoms with Gasteiger partial charge in [0.1, 0.15) is 0 Å². The maximum absolute atomic E-state index is 2.32. The first-order valence-electron chi connectivity index (χ1n) is 10.7. The van der Waals surface area contributed by atoms with E-state index in [1.165, 1.54) is 76.1 Å². The summed E-state index contributed by atoms with van der Waals surface area (Å²) in [6, 6.07) is 27.5. The number of hydrogen-bond acceptors (Lipinski definition) is 0. The topological polar surface area (TPSA) is 0 Å². The molecule has 6 aromatic rings. The molecule has 0 unspecified atom stereocenters. The molecule has 6 rings (SSSR count). The SMILES string of the molecule is Cc1cc(C)c2c(ccc3ccc4ccc5ccc6cc(C)cc(C)c6c5c4c32)c1. The third-order valence-corrected chi connectivity index (χ3v) is 6.66. The van der Waals surface area contributed by atoms with Crippen molar-refractivity contribution in [1.29, 1.82) is 0 Å². The maximum atomic E-state index is 2.32. The van der Waals surface area contributed by atoms with Crippen LogP contribution in [0.4, 0.5) is 0 Å². The molecule has 0 nitrogen and oxygen atoms in total. The van der Waals surface area contributed by atoms with Crippen molar-refractivity contribution in [2.24, 2.45) is 0 Å². The minimum Gasteiger partial charge on any atom is -0.0557 e. The van der Waals surface area contributed by atoms with E-state index in [9.17, 15) is 0 Å². The van der Waals surface area contributed by atoms with Crippen LogP contribution < -0.4 is 0 Å². The van der Waals surface area contributed by atoms with Crippen molar-refractivity contribution in [3.05, 3.63) is 95.1 Å². The molecule has 0 spiro atoms. The molecule has 0 N–H and O–H groups in total. The van der Waals surface area contributed by atoms with Gasteiger partial charge in [0.2, 0.25) is 0 Å². The first-order chi connectivity index (χ1) is 14.5. The molecule has 144 valence electrons. The molecule has 30 heavy (non-hydrogen) atoms. The lowest BCUT2D eigenvalue weighted by atomic mass is 9.88. The smallest absolute Gasteiger partial charge is 0.00141 e. The van der Waals surface area contributed by atoms with Crippen LogP contribution >= 0.6 is 0 Å². The van der Waals surface area contributed by atoms with Gasteiger partial charge < -0.3 is 0 Å². The highest BCUT2D eigenvalue weighted by Gasteiger charge is 2.14. The van der Waals surface area contributed by atoms with Crippen molar-refractivity contribution in [2.45, 2.75) is 27.7 Å². The Labute approximate surface area is 176 Å². The molecular formula is C30H24. The molecule has 0 aliphatic rings. The Kier molecular flexibility index (Phi) is 3.53. The van der Waals surface area contributed by atoms with Crippen molar-refractivity contribution in [1.82, 2.24) is 0 Å². The molecule has 0 saturated heterocycles. The number of aryl methyl sites for hydroxylation is 4. The monoisotopic (exact) mass is 384 g/mol. The third-order valence-electron chi connectivity index (χ3n) is 6.66. The summed E-state index contributed by atoms with van der Waals surface area (Å²) in [6.07, 6.45) is 0. The van der Waals surface area contributed by atoms with E-state index in [0.29, 0.717) is 0 Å². The molecule has 0 fully saturated rings. The Hall–Kier alpha value is -3.38. The highest BCUT2D eigenvalue weighted by atomic mass is 14.2. The molecule has 0 heteroatoms. The van der Waals surface area contributed by atoms with E-state index in [4.69, 9.17) is 0 Å². The van der Waals surface area contributed by atoms with Gasteiger partial charge in [-0.3, -0.25) is 0 Å². The molecule has 0 atom stereocenters. The first kappa shape index (κ1) is 17.5. The molecule has 0 heterocycles. The lowest BCUT2D eigenvalue weighted by molar-refractivity contribution is 1.44. The van der Waals surface area contributed by atoms with Crippen molar-refractivity contribution < 1.29 is 0 Å². The van der Waals surface area contributed by atoms with Gasteiger partial charge in [0.05, 0.1) is 0 Å². The van der Waals surface area contributed by atoms with Gasteiger partial charge in [-0.15, -0.1) is 0 Å². The summed E-state index contributed by atoms with van der Waals surface area (Å²) in [5.74, 6) is 0. The molecule has 0 aliphatic heterocycles. The summed E-state index contributed by atoms with van der Waals surface area (Å²) in [7, 11) is 0. The van der Waals surface area contributed by atoms with Gasteiger partial charge in [0.25, 0.3) is 0 Å². The lowest BCUT2D eigenvalue weighted by Crippen LogP contribution is -1.89. The van der Waals surface area contributed by atoms with Gasteiger partial charge in [-0.25, -0.2) is 0 Å². The molecule has 0 bridgehead atoms. The zero-order chi connectivity index (χ0) is 20.6. The average Bonchev–Trinajstić information content (AvgIpc) is 2.71. The first-order valence-corrected chi connectivity index (χ1v) is 10.7. The second-order valence-electron chi connectivity index (χ2n) is 8.92. The van der Waals surface area contributed by atoms with E-state index in [1.54, 1.807) is 0 Å². The fourth-order valence-electron chi connectivity index (χ4n) is 5.57. The van der Waals surface area contributed by atoms with E-state index in [2.05, 4.69) is 100 Å². The highest BCUT2D eigenvalue weighted by Crippen LogP contribution is 2.41. The van der Waals surface area contributed by atoms with Crippen molar-refractivity contribution >= 4 is 53.9 Å². The molecule has 0 saturated carbocycles.